The van der Waals surface area contributed by atoms with E-state index in [0.29, 0.717) is 0 Å². The predicted molar refractivity (Wildman–Crippen MR) is 72.4 cm³/mol. The van der Waals surface area contributed by atoms with E-state index >= 15 is 0 Å². The standard InChI is InChI=1S/C15H18N2O2/c18-11-12-4-3-5-13(10-12)14-7-8-16-17(14)15-6-1-2-9-19-15/h3-5,7-8,10,15,18H,1-2,6,9,11H2. The number of benzene rings is 1. The molecule has 1 fully saturated rings. The molecule has 1 aromatic heterocycles. The number of ether oxygens (including phenoxy) is 1. The van der Waals surface area contributed by atoms with Crippen LogP contribution in [-0.4, -0.2) is 21.5 Å². The molecule has 0 radical (unpaired) electrons. The van der Waals surface area contributed by atoms with Crippen LogP contribution in [0.25, 0.3) is 11.3 Å². The molecule has 4 nitrogen and oxygen atoms in total. The van der Waals surface area contributed by atoms with Crippen molar-refractivity contribution in [3.8, 4) is 11.3 Å². The highest BCUT2D eigenvalue weighted by molar-refractivity contribution is 5.60. The Hall–Kier alpha value is -1.65. The fourth-order valence-corrected chi connectivity index (χ4v) is 2.52. The van der Waals surface area contributed by atoms with Gasteiger partial charge in [-0.3, -0.25) is 0 Å². The first-order valence-electron chi connectivity index (χ1n) is 6.74. The van der Waals surface area contributed by atoms with Crippen LogP contribution >= 0.6 is 0 Å². The van der Waals surface area contributed by atoms with Gasteiger partial charge in [0.25, 0.3) is 0 Å². The molecule has 2 aromatic rings. The van der Waals surface area contributed by atoms with Gasteiger partial charge in [0.2, 0.25) is 0 Å². The molecular formula is C15H18N2O2. The summed E-state index contributed by atoms with van der Waals surface area (Å²) in [4.78, 5) is 0. The van der Waals surface area contributed by atoms with Crippen LogP contribution in [0.5, 0.6) is 0 Å². The fraction of sp³-hybridized carbons (Fsp3) is 0.400. The smallest absolute Gasteiger partial charge is 0.150 e. The Morgan fingerprint density at radius 1 is 1.32 bits per heavy atom. The van der Waals surface area contributed by atoms with Gasteiger partial charge < -0.3 is 9.84 Å². The highest BCUT2D eigenvalue weighted by atomic mass is 16.5. The quantitative estimate of drug-likeness (QED) is 0.920. The summed E-state index contributed by atoms with van der Waals surface area (Å²) in [5, 5.41) is 13.6. The third kappa shape index (κ3) is 2.55. The number of aliphatic hydroxyl groups excluding tert-OH is 1. The zero-order valence-corrected chi connectivity index (χ0v) is 10.8. The van der Waals surface area contributed by atoms with Crippen molar-refractivity contribution in [2.24, 2.45) is 0 Å². The molecule has 1 aromatic carbocycles. The van der Waals surface area contributed by atoms with Gasteiger partial charge in [-0.25, -0.2) is 4.68 Å². The van der Waals surface area contributed by atoms with E-state index in [9.17, 15) is 5.11 Å². The Kier molecular flexibility index (Phi) is 3.62. The average Bonchev–Trinajstić information content (AvgIpc) is 2.98. The van der Waals surface area contributed by atoms with Gasteiger partial charge in [-0.05, 0) is 37.0 Å². The Labute approximate surface area is 112 Å². The van der Waals surface area contributed by atoms with Gasteiger partial charge >= 0.3 is 0 Å². The molecular weight excluding hydrogens is 240 g/mol. The monoisotopic (exact) mass is 258 g/mol. The molecule has 1 atom stereocenters. The molecule has 1 unspecified atom stereocenters. The molecule has 1 aliphatic rings. The maximum atomic E-state index is 9.23. The summed E-state index contributed by atoms with van der Waals surface area (Å²) in [7, 11) is 0. The van der Waals surface area contributed by atoms with Gasteiger partial charge in [0, 0.05) is 18.4 Å². The molecule has 0 saturated carbocycles. The Morgan fingerprint density at radius 3 is 3.05 bits per heavy atom. The van der Waals surface area contributed by atoms with Crippen LogP contribution in [0.15, 0.2) is 36.5 Å². The van der Waals surface area contributed by atoms with Crippen LogP contribution < -0.4 is 0 Å². The third-order valence-corrected chi connectivity index (χ3v) is 3.50. The SMILES string of the molecule is OCc1cccc(-c2ccnn2C2CCCCO2)c1. The number of nitrogens with zero attached hydrogens (tertiary/aromatic N) is 2. The molecule has 1 aliphatic heterocycles. The fourth-order valence-electron chi connectivity index (χ4n) is 2.52. The van der Waals surface area contributed by atoms with Gasteiger partial charge in [-0.1, -0.05) is 18.2 Å². The van der Waals surface area contributed by atoms with E-state index in [4.69, 9.17) is 4.74 Å². The van der Waals surface area contributed by atoms with Gasteiger partial charge in [0.05, 0.1) is 12.3 Å². The minimum Gasteiger partial charge on any atom is -0.392 e. The zero-order valence-electron chi connectivity index (χ0n) is 10.8. The Balaban J connectivity index is 1.94. The topological polar surface area (TPSA) is 47.3 Å². The van der Waals surface area contributed by atoms with Crippen molar-refractivity contribution in [2.75, 3.05) is 6.61 Å². The van der Waals surface area contributed by atoms with Crippen molar-refractivity contribution >= 4 is 0 Å². The molecule has 0 spiro atoms. The second-order valence-electron chi connectivity index (χ2n) is 4.84. The summed E-state index contributed by atoms with van der Waals surface area (Å²) in [5.41, 5.74) is 3.02. The number of hydrogen-bond acceptors (Lipinski definition) is 3. The first-order valence-corrected chi connectivity index (χ1v) is 6.74. The molecule has 19 heavy (non-hydrogen) atoms. The van der Waals surface area contributed by atoms with E-state index in [0.717, 1.165) is 36.3 Å². The minimum absolute atomic E-state index is 0.0385. The Morgan fingerprint density at radius 2 is 2.26 bits per heavy atom. The maximum absolute atomic E-state index is 9.23. The van der Waals surface area contributed by atoms with E-state index < -0.39 is 0 Å². The first-order chi connectivity index (χ1) is 9.38. The first kappa shape index (κ1) is 12.4. The lowest BCUT2D eigenvalue weighted by atomic mass is 10.1. The van der Waals surface area contributed by atoms with Crippen LogP contribution in [0.1, 0.15) is 31.1 Å². The lowest BCUT2D eigenvalue weighted by Gasteiger charge is -2.24. The summed E-state index contributed by atoms with van der Waals surface area (Å²) < 4.78 is 7.75. The van der Waals surface area contributed by atoms with E-state index in [1.165, 1.54) is 6.42 Å². The second kappa shape index (κ2) is 5.55. The summed E-state index contributed by atoms with van der Waals surface area (Å²) in [6.45, 7) is 0.864. The largest absolute Gasteiger partial charge is 0.392 e. The Bertz CT molecular complexity index is 545. The molecule has 4 heteroatoms. The minimum atomic E-state index is 0.0385. The van der Waals surface area contributed by atoms with Gasteiger partial charge in [0.1, 0.15) is 0 Å². The molecule has 1 saturated heterocycles. The van der Waals surface area contributed by atoms with Gasteiger partial charge in [0.15, 0.2) is 6.23 Å². The van der Waals surface area contributed by atoms with Crippen LogP contribution in [0.2, 0.25) is 0 Å². The van der Waals surface area contributed by atoms with Crippen LogP contribution in [0, 0.1) is 0 Å². The summed E-state index contributed by atoms with van der Waals surface area (Å²) in [6.07, 6.45) is 5.16. The van der Waals surface area contributed by atoms with Crippen molar-refractivity contribution in [2.45, 2.75) is 32.1 Å². The van der Waals surface area contributed by atoms with Crippen LogP contribution in [0.3, 0.4) is 0 Å². The van der Waals surface area contributed by atoms with E-state index in [-0.39, 0.29) is 12.8 Å². The number of hydrogen-bond donors (Lipinski definition) is 1. The van der Waals surface area contributed by atoms with E-state index in [2.05, 4.69) is 5.10 Å². The average molecular weight is 258 g/mol. The highest BCUT2D eigenvalue weighted by Crippen LogP contribution is 2.28. The molecule has 3 rings (SSSR count). The summed E-state index contributed by atoms with van der Waals surface area (Å²) in [6, 6.07) is 9.90. The second-order valence-corrected chi connectivity index (χ2v) is 4.84. The van der Waals surface area contributed by atoms with Crippen molar-refractivity contribution in [3.63, 3.8) is 0 Å². The molecule has 0 aliphatic carbocycles. The third-order valence-electron chi connectivity index (χ3n) is 3.50. The van der Waals surface area contributed by atoms with Crippen LogP contribution in [0.4, 0.5) is 0 Å². The van der Waals surface area contributed by atoms with Crippen molar-refractivity contribution in [1.82, 2.24) is 9.78 Å². The van der Waals surface area contributed by atoms with Crippen molar-refractivity contribution < 1.29 is 9.84 Å². The molecule has 0 amide bonds. The lowest BCUT2D eigenvalue weighted by molar-refractivity contribution is -0.0383. The van der Waals surface area contributed by atoms with Crippen molar-refractivity contribution in [1.29, 1.82) is 0 Å². The lowest BCUT2D eigenvalue weighted by Crippen LogP contribution is -2.19. The van der Waals surface area contributed by atoms with Crippen LogP contribution in [-0.2, 0) is 11.3 Å². The molecule has 2 heterocycles. The highest BCUT2D eigenvalue weighted by Gasteiger charge is 2.19. The molecule has 100 valence electrons. The van der Waals surface area contributed by atoms with Gasteiger partial charge in [-0.15, -0.1) is 0 Å². The number of rotatable bonds is 3. The van der Waals surface area contributed by atoms with Gasteiger partial charge in [-0.2, -0.15) is 5.10 Å². The number of aromatic nitrogens is 2. The van der Waals surface area contributed by atoms with E-state index in [1.54, 1.807) is 6.20 Å². The molecule has 0 bridgehead atoms. The maximum Gasteiger partial charge on any atom is 0.150 e. The normalized spacial score (nSPS) is 19.5. The van der Waals surface area contributed by atoms with Crippen molar-refractivity contribution in [3.05, 3.63) is 42.1 Å². The number of aliphatic hydroxyl groups is 1. The summed E-state index contributed by atoms with van der Waals surface area (Å²) in [5.74, 6) is 0. The molecule has 1 N–H and O–H groups in total. The summed E-state index contributed by atoms with van der Waals surface area (Å²) >= 11 is 0. The zero-order chi connectivity index (χ0) is 13.1. The van der Waals surface area contributed by atoms with E-state index in [1.807, 2.05) is 35.0 Å². The predicted octanol–water partition coefficient (Wildman–Crippen LogP) is 2.74.